The molecule has 0 spiro atoms. The van der Waals surface area contributed by atoms with Gasteiger partial charge >= 0.3 is 0 Å². The summed E-state index contributed by atoms with van der Waals surface area (Å²) in [5.41, 5.74) is 1.72. The first kappa shape index (κ1) is 13.2. The highest BCUT2D eigenvalue weighted by Gasteiger charge is 2.35. The number of rotatable bonds is 5. The molecule has 1 aliphatic rings. The van der Waals surface area contributed by atoms with E-state index in [-0.39, 0.29) is 5.91 Å². The predicted octanol–water partition coefficient (Wildman–Crippen LogP) is 2.29. The van der Waals surface area contributed by atoms with Gasteiger partial charge in [0.1, 0.15) is 5.56 Å². The molecule has 1 aliphatic carbocycles. The molecule has 3 rings (SSSR count). The molecule has 6 heteroatoms. The molecule has 2 heterocycles. The molecule has 0 N–H and O–H groups in total. The van der Waals surface area contributed by atoms with Crippen molar-refractivity contribution in [1.82, 2.24) is 14.7 Å². The number of thiophene rings is 1. The fraction of sp³-hybridized carbons (Fsp3) is 0.429. The van der Waals surface area contributed by atoms with Crippen LogP contribution < -0.4 is 4.74 Å². The number of nitrogens with zero attached hydrogens (tertiary/aromatic N) is 3. The van der Waals surface area contributed by atoms with Crippen molar-refractivity contribution in [2.75, 3.05) is 7.11 Å². The third kappa shape index (κ3) is 2.56. The van der Waals surface area contributed by atoms with Crippen LogP contribution in [0.15, 0.2) is 23.0 Å². The number of ether oxygens (including phenoxy) is 1. The van der Waals surface area contributed by atoms with Crippen LogP contribution in [-0.4, -0.2) is 33.7 Å². The quantitative estimate of drug-likeness (QED) is 0.849. The van der Waals surface area contributed by atoms with Crippen molar-refractivity contribution < 1.29 is 9.53 Å². The molecule has 106 valence electrons. The van der Waals surface area contributed by atoms with Crippen molar-refractivity contribution >= 4 is 17.2 Å². The van der Waals surface area contributed by atoms with Gasteiger partial charge in [-0.2, -0.15) is 11.3 Å². The van der Waals surface area contributed by atoms with E-state index in [2.05, 4.69) is 16.5 Å². The van der Waals surface area contributed by atoms with E-state index >= 15 is 0 Å². The average Bonchev–Trinajstić information content (AvgIpc) is 3.01. The lowest BCUT2D eigenvalue weighted by molar-refractivity contribution is 0.0726. The zero-order chi connectivity index (χ0) is 14.1. The van der Waals surface area contributed by atoms with Crippen LogP contribution in [0.3, 0.4) is 0 Å². The minimum Gasteiger partial charge on any atom is -0.479 e. The van der Waals surface area contributed by atoms with Gasteiger partial charge in [-0.25, -0.2) is 0 Å². The topological polar surface area (TPSA) is 47.4 Å². The summed E-state index contributed by atoms with van der Waals surface area (Å²) >= 11 is 1.65. The molecular formula is C14H17N3O2S. The summed E-state index contributed by atoms with van der Waals surface area (Å²) in [6, 6.07) is 2.42. The fourth-order valence-corrected chi connectivity index (χ4v) is 2.91. The summed E-state index contributed by atoms with van der Waals surface area (Å²) < 4.78 is 6.81. The first-order valence-electron chi connectivity index (χ1n) is 6.58. The summed E-state index contributed by atoms with van der Waals surface area (Å²) in [5, 5.41) is 8.28. The van der Waals surface area contributed by atoms with Crippen molar-refractivity contribution in [1.29, 1.82) is 0 Å². The van der Waals surface area contributed by atoms with Gasteiger partial charge < -0.3 is 9.64 Å². The van der Waals surface area contributed by atoms with E-state index < -0.39 is 0 Å². The van der Waals surface area contributed by atoms with Gasteiger partial charge in [-0.05, 0) is 35.2 Å². The van der Waals surface area contributed by atoms with E-state index in [0.717, 1.165) is 12.8 Å². The number of hydrogen-bond donors (Lipinski definition) is 0. The van der Waals surface area contributed by atoms with E-state index in [9.17, 15) is 4.79 Å². The molecule has 20 heavy (non-hydrogen) atoms. The van der Waals surface area contributed by atoms with Gasteiger partial charge in [-0.3, -0.25) is 9.48 Å². The minimum atomic E-state index is 0.00338. The van der Waals surface area contributed by atoms with Crippen LogP contribution >= 0.6 is 11.3 Å². The number of amides is 1. The molecule has 2 aromatic rings. The lowest BCUT2D eigenvalue weighted by Gasteiger charge is -2.21. The van der Waals surface area contributed by atoms with E-state index in [0.29, 0.717) is 24.0 Å². The predicted molar refractivity (Wildman–Crippen MR) is 77.0 cm³/mol. The van der Waals surface area contributed by atoms with Gasteiger partial charge in [-0.15, -0.1) is 5.10 Å². The number of hydrogen-bond acceptors (Lipinski definition) is 4. The molecule has 1 amide bonds. The molecule has 1 saturated carbocycles. The average molecular weight is 291 g/mol. The van der Waals surface area contributed by atoms with Crippen LogP contribution in [0.5, 0.6) is 5.88 Å². The maximum absolute atomic E-state index is 12.7. The van der Waals surface area contributed by atoms with Crippen LogP contribution in [0, 0.1) is 0 Å². The van der Waals surface area contributed by atoms with E-state index in [1.54, 1.807) is 36.4 Å². The van der Waals surface area contributed by atoms with Crippen molar-refractivity contribution in [3.63, 3.8) is 0 Å². The molecule has 0 aromatic carbocycles. The standard InChI is InChI=1S/C14H17N3O2S/c1-16-8-12(13(15-16)19-2)14(18)17(11-3-4-11)7-10-5-6-20-9-10/h5-6,8-9,11H,3-4,7H2,1-2H3. The van der Waals surface area contributed by atoms with Gasteiger partial charge in [0.15, 0.2) is 0 Å². The highest BCUT2D eigenvalue weighted by molar-refractivity contribution is 7.07. The third-order valence-electron chi connectivity index (χ3n) is 3.40. The Bertz CT molecular complexity index is 602. The van der Waals surface area contributed by atoms with E-state index in [1.807, 2.05) is 10.3 Å². The molecule has 0 radical (unpaired) electrons. The molecule has 0 saturated heterocycles. The Morgan fingerprint density at radius 3 is 3.00 bits per heavy atom. The van der Waals surface area contributed by atoms with Crippen LogP contribution in [0.4, 0.5) is 0 Å². The van der Waals surface area contributed by atoms with Crippen LogP contribution in [-0.2, 0) is 13.6 Å². The second-order valence-corrected chi connectivity index (χ2v) is 5.80. The SMILES string of the molecule is COc1nn(C)cc1C(=O)N(Cc1ccsc1)C1CC1. The maximum atomic E-state index is 12.7. The monoisotopic (exact) mass is 291 g/mol. The molecule has 0 atom stereocenters. The zero-order valence-electron chi connectivity index (χ0n) is 11.6. The Morgan fingerprint density at radius 1 is 1.60 bits per heavy atom. The first-order valence-corrected chi connectivity index (χ1v) is 7.53. The minimum absolute atomic E-state index is 0.00338. The fourth-order valence-electron chi connectivity index (χ4n) is 2.25. The smallest absolute Gasteiger partial charge is 0.261 e. The van der Waals surface area contributed by atoms with Crippen molar-refractivity contribution in [2.45, 2.75) is 25.4 Å². The van der Waals surface area contributed by atoms with Gasteiger partial charge in [-0.1, -0.05) is 0 Å². The summed E-state index contributed by atoms with van der Waals surface area (Å²) in [6.07, 6.45) is 3.89. The highest BCUT2D eigenvalue weighted by atomic mass is 32.1. The number of methoxy groups -OCH3 is 1. The molecule has 0 unspecified atom stereocenters. The Hall–Kier alpha value is -1.82. The Balaban J connectivity index is 1.85. The highest BCUT2D eigenvalue weighted by Crippen LogP contribution is 2.31. The summed E-state index contributed by atoms with van der Waals surface area (Å²) in [6.45, 7) is 0.658. The Morgan fingerprint density at radius 2 is 2.40 bits per heavy atom. The zero-order valence-corrected chi connectivity index (χ0v) is 12.4. The Kier molecular flexibility index (Phi) is 3.48. The molecule has 0 aliphatic heterocycles. The number of carbonyl (C=O) groups excluding carboxylic acids is 1. The third-order valence-corrected chi connectivity index (χ3v) is 4.13. The molecule has 1 fully saturated rings. The van der Waals surface area contributed by atoms with Gasteiger partial charge in [0.25, 0.3) is 5.91 Å². The first-order chi connectivity index (χ1) is 9.69. The van der Waals surface area contributed by atoms with Crippen LogP contribution in [0.1, 0.15) is 28.8 Å². The number of carbonyl (C=O) groups is 1. The Labute approximate surface area is 121 Å². The van der Waals surface area contributed by atoms with Crippen molar-refractivity contribution in [2.24, 2.45) is 7.05 Å². The largest absolute Gasteiger partial charge is 0.479 e. The lowest BCUT2D eigenvalue weighted by atomic mass is 10.2. The van der Waals surface area contributed by atoms with Gasteiger partial charge in [0.05, 0.1) is 7.11 Å². The van der Waals surface area contributed by atoms with Gasteiger partial charge in [0.2, 0.25) is 5.88 Å². The van der Waals surface area contributed by atoms with E-state index in [1.165, 1.54) is 5.56 Å². The maximum Gasteiger partial charge on any atom is 0.261 e. The summed E-state index contributed by atoms with van der Waals surface area (Å²) in [4.78, 5) is 14.7. The summed E-state index contributed by atoms with van der Waals surface area (Å²) in [7, 11) is 3.33. The molecule has 5 nitrogen and oxygen atoms in total. The normalized spacial score (nSPS) is 14.3. The van der Waals surface area contributed by atoms with Crippen molar-refractivity contribution in [3.8, 4) is 5.88 Å². The van der Waals surface area contributed by atoms with Crippen LogP contribution in [0.25, 0.3) is 0 Å². The lowest BCUT2D eigenvalue weighted by Crippen LogP contribution is -2.32. The molecular weight excluding hydrogens is 274 g/mol. The molecule has 2 aromatic heterocycles. The number of aryl methyl sites for hydroxylation is 1. The number of aromatic nitrogens is 2. The second kappa shape index (κ2) is 5.28. The summed E-state index contributed by atoms with van der Waals surface area (Å²) in [5.74, 6) is 0.400. The van der Waals surface area contributed by atoms with Crippen LogP contribution in [0.2, 0.25) is 0 Å². The van der Waals surface area contributed by atoms with E-state index in [4.69, 9.17) is 4.74 Å². The van der Waals surface area contributed by atoms with Gasteiger partial charge in [0, 0.05) is 25.8 Å². The second-order valence-electron chi connectivity index (χ2n) is 5.02. The van der Waals surface area contributed by atoms with Crippen molar-refractivity contribution in [3.05, 3.63) is 34.2 Å². The molecule has 0 bridgehead atoms.